The van der Waals surface area contributed by atoms with Crippen molar-refractivity contribution in [2.75, 3.05) is 6.61 Å². The summed E-state index contributed by atoms with van der Waals surface area (Å²) in [5, 5.41) is 12.0. The van der Waals surface area contributed by atoms with Crippen molar-refractivity contribution in [1.29, 1.82) is 0 Å². The maximum absolute atomic E-state index is 12.1. The van der Waals surface area contributed by atoms with Crippen LogP contribution in [0, 0.1) is 26.7 Å². The quantitative estimate of drug-likeness (QED) is 0.844. The lowest BCUT2D eigenvalue weighted by Crippen LogP contribution is -2.41. The van der Waals surface area contributed by atoms with E-state index in [0.717, 1.165) is 11.3 Å². The van der Waals surface area contributed by atoms with Gasteiger partial charge in [0.1, 0.15) is 11.5 Å². The van der Waals surface area contributed by atoms with Crippen molar-refractivity contribution in [3.8, 4) is 0 Å². The van der Waals surface area contributed by atoms with Crippen molar-refractivity contribution in [2.45, 2.75) is 40.7 Å². The van der Waals surface area contributed by atoms with Crippen LogP contribution in [0.25, 0.3) is 0 Å². The van der Waals surface area contributed by atoms with E-state index in [4.69, 9.17) is 4.42 Å². The minimum Gasteiger partial charge on any atom is -0.466 e. The van der Waals surface area contributed by atoms with Crippen LogP contribution in [0.1, 0.15) is 41.3 Å². The Balaban J connectivity index is 2.90. The minimum absolute atomic E-state index is 0.0572. The lowest BCUT2D eigenvalue weighted by atomic mass is 10.0. The molecule has 1 heterocycles. The molecule has 1 aromatic heterocycles. The molecule has 0 aromatic carbocycles. The average Bonchev–Trinajstić information content (AvgIpc) is 2.49. The maximum Gasteiger partial charge on any atom is 0.255 e. The molecule has 4 heteroatoms. The number of carbonyl (C=O) groups is 1. The van der Waals surface area contributed by atoms with E-state index in [1.807, 2.05) is 27.7 Å². The molecule has 0 spiro atoms. The number of aryl methyl sites for hydroxylation is 2. The summed E-state index contributed by atoms with van der Waals surface area (Å²) >= 11 is 0. The third kappa shape index (κ3) is 2.88. The van der Waals surface area contributed by atoms with Gasteiger partial charge in [-0.25, -0.2) is 0 Å². The van der Waals surface area contributed by atoms with Gasteiger partial charge in [-0.1, -0.05) is 13.8 Å². The highest BCUT2D eigenvalue weighted by atomic mass is 16.3. The molecule has 1 rings (SSSR count). The van der Waals surface area contributed by atoms with E-state index in [-0.39, 0.29) is 24.5 Å². The molecular weight excluding hydrogens is 218 g/mol. The highest BCUT2D eigenvalue weighted by Crippen LogP contribution is 2.20. The van der Waals surface area contributed by atoms with Crippen LogP contribution in [-0.2, 0) is 0 Å². The molecule has 1 amide bonds. The molecule has 0 aliphatic heterocycles. The molecule has 0 aliphatic carbocycles. The first kappa shape index (κ1) is 13.8. The van der Waals surface area contributed by atoms with Gasteiger partial charge >= 0.3 is 0 Å². The van der Waals surface area contributed by atoms with Crippen molar-refractivity contribution in [3.05, 3.63) is 22.6 Å². The summed E-state index contributed by atoms with van der Waals surface area (Å²) < 4.78 is 5.42. The topological polar surface area (TPSA) is 62.5 Å². The van der Waals surface area contributed by atoms with E-state index in [1.54, 1.807) is 6.92 Å². The fourth-order valence-corrected chi connectivity index (χ4v) is 1.79. The number of carbonyl (C=O) groups excluding carboxylic acids is 1. The first-order chi connectivity index (χ1) is 7.88. The Morgan fingerprint density at radius 3 is 2.24 bits per heavy atom. The van der Waals surface area contributed by atoms with Crippen molar-refractivity contribution in [1.82, 2.24) is 5.32 Å². The van der Waals surface area contributed by atoms with Crippen molar-refractivity contribution in [2.24, 2.45) is 5.92 Å². The summed E-state index contributed by atoms with van der Waals surface area (Å²) in [6.45, 7) is 9.34. The summed E-state index contributed by atoms with van der Waals surface area (Å²) in [6, 6.07) is -0.225. The van der Waals surface area contributed by atoms with Crippen LogP contribution in [0.3, 0.4) is 0 Å². The van der Waals surface area contributed by atoms with E-state index >= 15 is 0 Å². The Morgan fingerprint density at radius 2 is 1.88 bits per heavy atom. The number of furan rings is 1. The van der Waals surface area contributed by atoms with Crippen molar-refractivity contribution < 1.29 is 14.3 Å². The molecule has 2 N–H and O–H groups in total. The molecule has 0 aliphatic rings. The molecule has 0 saturated heterocycles. The second kappa shape index (κ2) is 5.36. The molecule has 0 fully saturated rings. The summed E-state index contributed by atoms with van der Waals surface area (Å²) in [6.07, 6.45) is 0. The molecular formula is C13H21NO3. The van der Waals surface area contributed by atoms with Gasteiger partial charge in [-0.3, -0.25) is 4.79 Å². The van der Waals surface area contributed by atoms with E-state index in [1.165, 1.54) is 0 Å². The molecule has 1 aromatic rings. The number of nitrogens with one attached hydrogen (secondary N) is 1. The largest absolute Gasteiger partial charge is 0.466 e. The minimum atomic E-state index is -0.225. The normalized spacial score (nSPS) is 12.9. The highest BCUT2D eigenvalue weighted by molar-refractivity contribution is 5.97. The predicted molar refractivity (Wildman–Crippen MR) is 66.1 cm³/mol. The predicted octanol–water partition coefficient (Wildman–Crippen LogP) is 1.95. The average molecular weight is 239 g/mol. The summed E-state index contributed by atoms with van der Waals surface area (Å²) in [5.74, 6) is 1.40. The van der Waals surface area contributed by atoms with Crippen LogP contribution < -0.4 is 5.32 Å². The number of rotatable bonds is 4. The zero-order valence-electron chi connectivity index (χ0n) is 11.1. The monoisotopic (exact) mass is 239 g/mol. The van der Waals surface area contributed by atoms with Gasteiger partial charge in [0.2, 0.25) is 0 Å². The molecule has 4 nitrogen and oxygen atoms in total. The standard InChI is InChI=1S/C13H21NO3/c1-7(2)11(6-15)14-13(16)12-8(3)9(4)17-10(12)5/h7,11,15H,6H2,1-5H3,(H,14,16)/t11-/m1/s1. The van der Waals surface area contributed by atoms with Gasteiger partial charge in [0.25, 0.3) is 5.91 Å². The first-order valence-electron chi connectivity index (χ1n) is 5.86. The molecule has 0 bridgehead atoms. The van der Waals surface area contributed by atoms with Gasteiger partial charge in [0.15, 0.2) is 0 Å². The summed E-state index contributed by atoms with van der Waals surface area (Å²) in [5.41, 5.74) is 1.45. The second-order valence-corrected chi connectivity index (χ2v) is 4.72. The van der Waals surface area contributed by atoms with Crippen LogP contribution >= 0.6 is 0 Å². The van der Waals surface area contributed by atoms with Gasteiger partial charge in [-0.2, -0.15) is 0 Å². The fraction of sp³-hybridized carbons (Fsp3) is 0.615. The fourth-order valence-electron chi connectivity index (χ4n) is 1.79. The number of amides is 1. The molecule has 17 heavy (non-hydrogen) atoms. The lowest BCUT2D eigenvalue weighted by molar-refractivity contribution is 0.0895. The van der Waals surface area contributed by atoms with Gasteiger partial charge in [-0.15, -0.1) is 0 Å². The van der Waals surface area contributed by atoms with Crippen LogP contribution in [0.4, 0.5) is 0 Å². The second-order valence-electron chi connectivity index (χ2n) is 4.72. The molecule has 0 unspecified atom stereocenters. The van der Waals surface area contributed by atoms with E-state index in [0.29, 0.717) is 11.3 Å². The van der Waals surface area contributed by atoms with Crippen LogP contribution in [-0.4, -0.2) is 23.7 Å². The molecule has 1 atom stereocenters. The number of aliphatic hydroxyl groups excluding tert-OH is 1. The Kier molecular flexibility index (Phi) is 4.34. The number of hydrogen-bond donors (Lipinski definition) is 2. The highest BCUT2D eigenvalue weighted by Gasteiger charge is 2.22. The van der Waals surface area contributed by atoms with Gasteiger partial charge in [0.05, 0.1) is 18.2 Å². The Morgan fingerprint density at radius 1 is 1.29 bits per heavy atom. The SMILES string of the molecule is Cc1oc(C)c(C(=O)N[C@H](CO)C(C)C)c1C. The van der Waals surface area contributed by atoms with E-state index in [9.17, 15) is 9.90 Å². The van der Waals surface area contributed by atoms with Gasteiger partial charge in [-0.05, 0) is 26.7 Å². The number of aliphatic hydroxyl groups is 1. The Bertz CT molecular complexity index is 407. The van der Waals surface area contributed by atoms with Crippen LogP contribution in [0.2, 0.25) is 0 Å². The van der Waals surface area contributed by atoms with E-state index < -0.39 is 0 Å². The Labute approximate surface area is 102 Å². The van der Waals surface area contributed by atoms with Crippen molar-refractivity contribution in [3.63, 3.8) is 0 Å². The third-order valence-corrected chi connectivity index (χ3v) is 3.11. The number of hydrogen-bond acceptors (Lipinski definition) is 3. The zero-order valence-corrected chi connectivity index (χ0v) is 11.1. The smallest absolute Gasteiger partial charge is 0.255 e. The van der Waals surface area contributed by atoms with Crippen molar-refractivity contribution >= 4 is 5.91 Å². The zero-order chi connectivity index (χ0) is 13.2. The third-order valence-electron chi connectivity index (χ3n) is 3.11. The summed E-state index contributed by atoms with van der Waals surface area (Å²) in [7, 11) is 0. The summed E-state index contributed by atoms with van der Waals surface area (Å²) in [4.78, 5) is 12.1. The lowest BCUT2D eigenvalue weighted by Gasteiger charge is -2.19. The van der Waals surface area contributed by atoms with Gasteiger partial charge < -0.3 is 14.8 Å². The van der Waals surface area contributed by atoms with Gasteiger partial charge in [0, 0.05) is 5.56 Å². The van der Waals surface area contributed by atoms with Crippen LogP contribution in [0.15, 0.2) is 4.42 Å². The van der Waals surface area contributed by atoms with E-state index in [2.05, 4.69) is 5.32 Å². The Hall–Kier alpha value is -1.29. The molecule has 0 saturated carbocycles. The van der Waals surface area contributed by atoms with Crippen LogP contribution in [0.5, 0.6) is 0 Å². The molecule has 96 valence electrons. The molecule has 0 radical (unpaired) electrons. The first-order valence-corrected chi connectivity index (χ1v) is 5.86. The maximum atomic E-state index is 12.1.